The maximum absolute atomic E-state index is 12.2. The van der Waals surface area contributed by atoms with E-state index in [1.807, 2.05) is 24.3 Å². The Hall–Kier alpha value is -2.04. The fourth-order valence-corrected chi connectivity index (χ4v) is 2.71. The predicted octanol–water partition coefficient (Wildman–Crippen LogP) is 1.95. The van der Waals surface area contributed by atoms with Gasteiger partial charge in [-0.05, 0) is 37.5 Å². The summed E-state index contributed by atoms with van der Waals surface area (Å²) >= 11 is 0. The third kappa shape index (κ3) is 3.54. The molecule has 0 spiro atoms. The van der Waals surface area contributed by atoms with Gasteiger partial charge in [0.2, 0.25) is 0 Å². The maximum atomic E-state index is 12.2. The van der Waals surface area contributed by atoms with E-state index in [4.69, 9.17) is 9.84 Å². The van der Waals surface area contributed by atoms with Gasteiger partial charge in [-0.25, -0.2) is 0 Å². The molecule has 2 rings (SSSR count). The highest BCUT2D eigenvalue weighted by molar-refractivity contribution is 5.80. The molecule has 0 aliphatic carbocycles. The largest absolute Gasteiger partial charge is 0.484 e. The van der Waals surface area contributed by atoms with Gasteiger partial charge in [0.15, 0.2) is 6.61 Å². The van der Waals surface area contributed by atoms with Crippen LogP contribution < -0.4 is 4.74 Å². The lowest BCUT2D eigenvalue weighted by atomic mass is 10.0. The lowest BCUT2D eigenvalue weighted by Crippen LogP contribution is -2.40. The zero-order chi connectivity index (χ0) is 15.4. The topological polar surface area (TPSA) is 66.8 Å². The first-order valence-corrected chi connectivity index (χ1v) is 7.27. The summed E-state index contributed by atoms with van der Waals surface area (Å²) in [7, 11) is 0. The summed E-state index contributed by atoms with van der Waals surface area (Å²) in [4.78, 5) is 24.8. The normalized spacial score (nSPS) is 21.3. The Morgan fingerprint density at radius 1 is 1.43 bits per heavy atom. The molecule has 1 saturated heterocycles. The van der Waals surface area contributed by atoms with E-state index >= 15 is 0 Å². The molecule has 5 heteroatoms. The molecule has 1 N–H and O–H groups in total. The molecule has 1 aliphatic rings. The minimum atomic E-state index is -0.839. The van der Waals surface area contributed by atoms with E-state index in [9.17, 15) is 9.59 Å². The number of benzene rings is 1. The van der Waals surface area contributed by atoms with Crippen LogP contribution in [0.2, 0.25) is 0 Å². The van der Waals surface area contributed by atoms with Crippen molar-refractivity contribution in [3.63, 3.8) is 0 Å². The number of ether oxygens (including phenoxy) is 1. The van der Waals surface area contributed by atoms with E-state index in [0.717, 1.165) is 12.0 Å². The summed E-state index contributed by atoms with van der Waals surface area (Å²) in [5.41, 5.74) is 1.15. The highest BCUT2D eigenvalue weighted by Crippen LogP contribution is 2.24. The molecule has 1 aliphatic heterocycles. The number of likely N-dealkylation sites (tertiary alicyclic amines) is 1. The van der Waals surface area contributed by atoms with Crippen LogP contribution in [-0.4, -0.2) is 41.1 Å². The molecule has 1 aromatic carbocycles. The van der Waals surface area contributed by atoms with E-state index < -0.39 is 11.9 Å². The van der Waals surface area contributed by atoms with Crippen LogP contribution in [0.5, 0.6) is 5.75 Å². The van der Waals surface area contributed by atoms with Gasteiger partial charge in [-0.3, -0.25) is 9.59 Å². The van der Waals surface area contributed by atoms with Crippen LogP contribution >= 0.6 is 0 Å². The van der Waals surface area contributed by atoms with E-state index in [2.05, 4.69) is 6.92 Å². The van der Waals surface area contributed by atoms with Crippen LogP contribution in [0.4, 0.5) is 0 Å². The van der Waals surface area contributed by atoms with Crippen LogP contribution in [0, 0.1) is 5.92 Å². The Labute approximate surface area is 124 Å². The summed E-state index contributed by atoms with van der Waals surface area (Å²) in [5, 5.41) is 9.08. The summed E-state index contributed by atoms with van der Waals surface area (Å²) in [6.07, 6.45) is 1.42. The Morgan fingerprint density at radius 3 is 2.81 bits per heavy atom. The van der Waals surface area contributed by atoms with Crippen molar-refractivity contribution in [1.29, 1.82) is 0 Å². The summed E-state index contributed by atoms with van der Waals surface area (Å²) < 4.78 is 5.53. The number of amides is 1. The van der Waals surface area contributed by atoms with Gasteiger partial charge < -0.3 is 14.7 Å². The van der Waals surface area contributed by atoms with Crippen LogP contribution in [0.15, 0.2) is 24.3 Å². The summed E-state index contributed by atoms with van der Waals surface area (Å²) in [6, 6.07) is 7.37. The second-order valence-electron chi connectivity index (χ2n) is 5.35. The zero-order valence-electron chi connectivity index (χ0n) is 12.4. The van der Waals surface area contributed by atoms with Crippen molar-refractivity contribution in [1.82, 2.24) is 4.90 Å². The average molecular weight is 291 g/mol. The molecule has 1 aromatic rings. The van der Waals surface area contributed by atoms with Crippen molar-refractivity contribution in [2.75, 3.05) is 13.2 Å². The second-order valence-corrected chi connectivity index (χ2v) is 5.35. The molecule has 0 radical (unpaired) electrons. The number of nitrogens with zero attached hydrogens (tertiary/aromatic N) is 1. The third-order valence-corrected chi connectivity index (χ3v) is 4.06. The number of carboxylic acids is 1. The maximum Gasteiger partial charge on any atom is 0.308 e. The van der Waals surface area contributed by atoms with E-state index in [1.165, 1.54) is 0 Å². The molecule has 1 fully saturated rings. The Morgan fingerprint density at radius 2 is 2.19 bits per heavy atom. The van der Waals surface area contributed by atoms with Crippen LogP contribution in [0.25, 0.3) is 0 Å². The van der Waals surface area contributed by atoms with Crippen molar-refractivity contribution in [2.24, 2.45) is 5.92 Å². The zero-order valence-corrected chi connectivity index (χ0v) is 12.4. The fourth-order valence-electron chi connectivity index (χ4n) is 2.71. The predicted molar refractivity (Wildman–Crippen MR) is 78.2 cm³/mol. The second kappa shape index (κ2) is 6.61. The first-order valence-electron chi connectivity index (χ1n) is 7.27. The molecule has 1 heterocycles. The minimum Gasteiger partial charge on any atom is -0.484 e. The van der Waals surface area contributed by atoms with Crippen molar-refractivity contribution in [2.45, 2.75) is 32.7 Å². The number of carboxylic acid groups (broad SMARTS) is 1. The van der Waals surface area contributed by atoms with E-state index in [0.29, 0.717) is 18.7 Å². The number of rotatable bonds is 5. The molecule has 114 valence electrons. The quantitative estimate of drug-likeness (QED) is 0.900. The number of carbonyl (C=O) groups is 2. The number of carbonyl (C=O) groups excluding carboxylic acids is 1. The molecule has 0 saturated carbocycles. The Kier molecular flexibility index (Phi) is 4.83. The average Bonchev–Trinajstić information content (AvgIpc) is 2.87. The van der Waals surface area contributed by atoms with Crippen LogP contribution in [0.3, 0.4) is 0 Å². The molecule has 2 unspecified atom stereocenters. The van der Waals surface area contributed by atoms with E-state index in [1.54, 1.807) is 11.8 Å². The first-order chi connectivity index (χ1) is 10.0. The SMILES string of the molecule is CCc1cccc(OCC(=O)N2CCC(C(=O)O)C2C)c1. The fraction of sp³-hybridized carbons (Fsp3) is 0.500. The molecular weight excluding hydrogens is 270 g/mol. The van der Waals surface area contributed by atoms with Gasteiger partial charge in [0, 0.05) is 12.6 Å². The Balaban J connectivity index is 1.91. The molecule has 5 nitrogen and oxygen atoms in total. The number of hydrogen-bond donors (Lipinski definition) is 1. The molecule has 0 aromatic heterocycles. The van der Waals surface area contributed by atoms with Crippen molar-refractivity contribution in [3.8, 4) is 5.75 Å². The van der Waals surface area contributed by atoms with Gasteiger partial charge >= 0.3 is 5.97 Å². The van der Waals surface area contributed by atoms with Crippen molar-refractivity contribution in [3.05, 3.63) is 29.8 Å². The van der Waals surface area contributed by atoms with E-state index in [-0.39, 0.29) is 18.6 Å². The minimum absolute atomic E-state index is 0.0517. The number of aliphatic carboxylic acids is 1. The number of aryl methyl sites for hydroxylation is 1. The van der Waals surface area contributed by atoms with Crippen molar-refractivity contribution < 1.29 is 19.4 Å². The highest BCUT2D eigenvalue weighted by atomic mass is 16.5. The lowest BCUT2D eigenvalue weighted by Gasteiger charge is -2.23. The van der Waals surface area contributed by atoms with Gasteiger partial charge in [0.1, 0.15) is 5.75 Å². The molecule has 21 heavy (non-hydrogen) atoms. The van der Waals surface area contributed by atoms with Gasteiger partial charge in [-0.15, -0.1) is 0 Å². The first kappa shape index (κ1) is 15.4. The summed E-state index contributed by atoms with van der Waals surface area (Å²) in [5.74, 6) is -0.802. The van der Waals surface area contributed by atoms with Gasteiger partial charge in [0.25, 0.3) is 5.91 Å². The van der Waals surface area contributed by atoms with Crippen LogP contribution in [0.1, 0.15) is 25.8 Å². The molecule has 0 bridgehead atoms. The van der Waals surface area contributed by atoms with Gasteiger partial charge in [-0.1, -0.05) is 19.1 Å². The highest BCUT2D eigenvalue weighted by Gasteiger charge is 2.38. The number of hydrogen-bond acceptors (Lipinski definition) is 3. The molecular formula is C16H21NO4. The van der Waals surface area contributed by atoms with Crippen LogP contribution in [-0.2, 0) is 16.0 Å². The summed E-state index contributed by atoms with van der Waals surface area (Å²) in [6.45, 7) is 4.27. The standard InChI is InChI=1S/C16H21NO4/c1-3-12-5-4-6-13(9-12)21-10-15(18)17-8-7-14(11(17)2)16(19)20/h4-6,9,11,14H,3,7-8,10H2,1-2H3,(H,19,20). The van der Waals surface area contributed by atoms with Crippen molar-refractivity contribution >= 4 is 11.9 Å². The molecule has 1 amide bonds. The van der Waals surface area contributed by atoms with Gasteiger partial charge in [-0.2, -0.15) is 0 Å². The Bertz CT molecular complexity index is 529. The van der Waals surface area contributed by atoms with Gasteiger partial charge in [0.05, 0.1) is 5.92 Å². The third-order valence-electron chi connectivity index (χ3n) is 4.06. The molecule has 2 atom stereocenters. The lowest BCUT2D eigenvalue weighted by molar-refractivity contribution is -0.143. The smallest absolute Gasteiger partial charge is 0.308 e. The monoisotopic (exact) mass is 291 g/mol.